The molecule has 0 spiro atoms. The average Bonchev–Trinajstić information content (AvgIpc) is 2.55. The molecule has 0 unspecified atom stereocenters. The number of nitrogens with zero attached hydrogens (tertiary/aromatic N) is 1. The topological polar surface area (TPSA) is 54.5 Å². The van der Waals surface area contributed by atoms with E-state index in [1.807, 2.05) is 6.92 Å². The summed E-state index contributed by atoms with van der Waals surface area (Å²) in [5.74, 6) is -0.121. The molecule has 4 nitrogen and oxygen atoms in total. The van der Waals surface area contributed by atoms with Crippen LogP contribution in [0.15, 0.2) is 23.1 Å². The highest BCUT2D eigenvalue weighted by Crippen LogP contribution is 2.26. The van der Waals surface area contributed by atoms with Gasteiger partial charge in [0.2, 0.25) is 0 Å². The van der Waals surface area contributed by atoms with Crippen LogP contribution in [0.5, 0.6) is 0 Å². The molecule has 0 aliphatic carbocycles. The molecule has 1 aromatic rings. The monoisotopic (exact) mass is 273 g/mol. The van der Waals surface area contributed by atoms with E-state index in [0.717, 1.165) is 12.0 Å². The van der Waals surface area contributed by atoms with Crippen LogP contribution in [0.25, 0.3) is 0 Å². The number of benzene rings is 1. The van der Waals surface area contributed by atoms with E-state index >= 15 is 0 Å². The Labute approximate surface area is 105 Å². The molecule has 1 aliphatic heterocycles. The van der Waals surface area contributed by atoms with Crippen molar-refractivity contribution in [3.8, 4) is 0 Å². The number of rotatable bonds is 3. The van der Waals surface area contributed by atoms with Gasteiger partial charge in [-0.3, -0.25) is 4.79 Å². The Balaban J connectivity index is 2.41. The lowest BCUT2D eigenvalue weighted by atomic mass is 10.1. The largest absolute Gasteiger partial charge is 0.334 e. The minimum absolute atomic E-state index is 0.0235. The van der Waals surface area contributed by atoms with Crippen molar-refractivity contribution < 1.29 is 13.2 Å². The minimum atomic E-state index is -3.78. The van der Waals surface area contributed by atoms with Gasteiger partial charge in [0, 0.05) is 29.3 Å². The van der Waals surface area contributed by atoms with E-state index in [-0.39, 0.29) is 10.8 Å². The van der Waals surface area contributed by atoms with Crippen molar-refractivity contribution in [3.63, 3.8) is 0 Å². The van der Waals surface area contributed by atoms with Gasteiger partial charge < -0.3 is 4.90 Å². The van der Waals surface area contributed by atoms with E-state index in [2.05, 4.69) is 0 Å². The Bertz CT molecular complexity index is 568. The average molecular weight is 274 g/mol. The van der Waals surface area contributed by atoms with Crippen LogP contribution in [0.4, 0.5) is 0 Å². The zero-order valence-electron chi connectivity index (χ0n) is 9.31. The molecule has 0 saturated carbocycles. The van der Waals surface area contributed by atoms with E-state index < -0.39 is 9.05 Å². The van der Waals surface area contributed by atoms with E-state index in [4.69, 9.17) is 10.7 Å². The zero-order valence-corrected chi connectivity index (χ0v) is 10.9. The molecule has 2 rings (SSSR count). The van der Waals surface area contributed by atoms with Crippen LogP contribution in [0.3, 0.4) is 0 Å². The molecule has 0 N–H and O–H groups in total. The SMILES string of the molecule is CCCN1Cc2ccc(S(=O)(=O)Cl)cc2C1=O. The molecule has 1 amide bonds. The summed E-state index contributed by atoms with van der Waals surface area (Å²) in [5, 5.41) is 0. The number of carbonyl (C=O) groups is 1. The summed E-state index contributed by atoms with van der Waals surface area (Å²) < 4.78 is 22.4. The fourth-order valence-corrected chi connectivity index (χ4v) is 2.72. The van der Waals surface area contributed by atoms with Crippen molar-refractivity contribution in [2.75, 3.05) is 6.54 Å². The first-order chi connectivity index (χ1) is 7.93. The number of amides is 1. The number of carbonyl (C=O) groups excluding carboxylic acids is 1. The molecule has 1 heterocycles. The van der Waals surface area contributed by atoms with Crippen molar-refractivity contribution in [1.82, 2.24) is 4.90 Å². The first-order valence-corrected chi connectivity index (χ1v) is 7.61. The quantitative estimate of drug-likeness (QED) is 0.792. The second-order valence-electron chi connectivity index (χ2n) is 3.98. The van der Waals surface area contributed by atoms with Gasteiger partial charge in [-0.15, -0.1) is 0 Å². The molecule has 0 saturated heterocycles. The van der Waals surface area contributed by atoms with Gasteiger partial charge in [-0.05, 0) is 24.1 Å². The van der Waals surface area contributed by atoms with Crippen molar-refractivity contribution in [2.45, 2.75) is 24.8 Å². The molecule has 17 heavy (non-hydrogen) atoms. The summed E-state index contributed by atoms with van der Waals surface area (Å²) in [6, 6.07) is 4.44. The third-order valence-electron chi connectivity index (χ3n) is 2.74. The maximum absolute atomic E-state index is 12.0. The van der Waals surface area contributed by atoms with Gasteiger partial charge in [-0.2, -0.15) is 0 Å². The van der Waals surface area contributed by atoms with E-state index in [0.29, 0.717) is 18.7 Å². The summed E-state index contributed by atoms with van der Waals surface area (Å²) >= 11 is 0. The normalized spacial score (nSPS) is 15.2. The Morgan fingerprint density at radius 1 is 1.41 bits per heavy atom. The van der Waals surface area contributed by atoms with Gasteiger partial charge in [0.1, 0.15) is 0 Å². The summed E-state index contributed by atoms with van der Waals surface area (Å²) in [4.78, 5) is 13.6. The fraction of sp³-hybridized carbons (Fsp3) is 0.364. The molecule has 0 bridgehead atoms. The van der Waals surface area contributed by atoms with Gasteiger partial charge in [-0.1, -0.05) is 13.0 Å². The molecule has 1 aliphatic rings. The molecular formula is C11H12ClNO3S. The van der Waals surface area contributed by atoms with Crippen LogP contribution in [-0.4, -0.2) is 25.8 Å². The standard InChI is InChI=1S/C11H12ClNO3S/c1-2-5-13-7-8-3-4-9(17(12,15)16)6-10(8)11(13)14/h3-4,6H,2,5,7H2,1H3. The lowest BCUT2D eigenvalue weighted by Gasteiger charge is -2.13. The molecule has 0 aromatic heterocycles. The highest BCUT2D eigenvalue weighted by atomic mass is 35.7. The van der Waals surface area contributed by atoms with Crippen LogP contribution in [-0.2, 0) is 15.6 Å². The third kappa shape index (κ3) is 2.30. The summed E-state index contributed by atoms with van der Waals surface area (Å²) in [5.41, 5.74) is 1.30. The number of hydrogen-bond donors (Lipinski definition) is 0. The highest BCUT2D eigenvalue weighted by Gasteiger charge is 2.28. The predicted molar refractivity (Wildman–Crippen MR) is 64.5 cm³/mol. The highest BCUT2D eigenvalue weighted by molar-refractivity contribution is 8.13. The third-order valence-corrected chi connectivity index (χ3v) is 4.09. The van der Waals surface area contributed by atoms with Gasteiger partial charge in [0.15, 0.2) is 0 Å². The van der Waals surface area contributed by atoms with Crippen LogP contribution in [0, 0.1) is 0 Å². The minimum Gasteiger partial charge on any atom is -0.334 e. The Hall–Kier alpha value is -1.07. The maximum Gasteiger partial charge on any atom is 0.261 e. The Kier molecular flexibility index (Phi) is 3.14. The van der Waals surface area contributed by atoms with Crippen LogP contribution in [0.1, 0.15) is 29.3 Å². The summed E-state index contributed by atoms with van der Waals surface area (Å²) in [6.07, 6.45) is 0.875. The number of halogens is 1. The van der Waals surface area contributed by atoms with Crippen molar-refractivity contribution in [1.29, 1.82) is 0 Å². The van der Waals surface area contributed by atoms with E-state index in [1.165, 1.54) is 12.1 Å². The summed E-state index contributed by atoms with van der Waals surface area (Å²) in [6.45, 7) is 3.21. The van der Waals surface area contributed by atoms with Crippen molar-refractivity contribution in [2.24, 2.45) is 0 Å². The predicted octanol–water partition coefficient (Wildman–Crippen LogP) is 1.98. The lowest BCUT2D eigenvalue weighted by Crippen LogP contribution is -2.24. The molecule has 0 radical (unpaired) electrons. The van der Waals surface area contributed by atoms with Crippen molar-refractivity contribution in [3.05, 3.63) is 29.3 Å². The van der Waals surface area contributed by atoms with E-state index in [1.54, 1.807) is 11.0 Å². The van der Waals surface area contributed by atoms with Crippen LogP contribution in [0.2, 0.25) is 0 Å². The smallest absolute Gasteiger partial charge is 0.261 e. The Morgan fingerprint density at radius 2 is 2.12 bits per heavy atom. The molecule has 92 valence electrons. The first-order valence-electron chi connectivity index (χ1n) is 5.30. The number of fused-ring (bicyclic) bond motifs is 1. The maximum atomic E-state index is 12.0. The zero-order chi connectivity index (χ0) is 12.6. The molecule has 0 atom stereocenters. The first kappa shape index (κ1) is 12.4. The molecule has 0 fully saturated rings. The second kappa shape index (κ2) is 4.31. The van der Waals surface area contributed by atoms with Gasteiger partial charge in [-0.25, -0.2) is 8.42 Å². The summed E-state index contributed by atoms with van der Waals surface area (Å²) in [7, 11) is 1.48. The van der Waals surface area contributed by atoms with Gasteiger partial charge in [0.05, 0.1) is 4.90 Å². The lowest BCUT2D eigenvalue weighted by molar-refractivity contribution is 0.0778. The Morgan fingerprint density at radius 3 is 2.71 bits per heavy atom. The molecule has 1 aromatic carbocycles. The molecule has 6 heteroatoms. The van der Waals surface area contributed by atoms with E-state index in [9.17, 15) is 13.2 Å². The fourth-order valence-electron chi connectivity index (χ4n) is 1.94. The van der Waals surface area contributed by atoms with Crippen molar-refractivity contribution >= 4 is 25.6 Å². The van der Waals surface area contributed by atoms with Crippen LogP contribution >= 0.6 is 10.7 Å². The van der Waals surface area contributed by atoms with Crippen LogP contribution < -0.4 is 0 Å². The number of hydrogen-bond acceptors (Lipinski definition) is 3. The van der Waals surface area contributed by atoms with Gasteiger partial charge >= 0.3 is 0 Å². The molecular weight excluding hydrogens is 262 g/mol. The van der Waals surface area contributed by atoms with Gasteiger partial charge in [0.25, 0.3) is 15.0 Å². The second-order valence-corrected chi connectivity index (χ2v) is 6.55.